The van der Waals surface area contributed by atoms with Gasteiger partial charge in [-0.2, -0.15) is 0 Å². The monoisotopic (exact) mass is 369 g/mol. The molecule has 27 heavy (non-hydrogen) atoms. The van der Waals surface area contributed by atoms with Crippen LogP contribution in [-0.4, -0.2) is 60.2 Å². The molecule has 0 radical (unpaired) electrons. The van der Waals surface area contributed by atoms with Crippen LogP contribution < -0.4 is 5.32 Å². The maximum atomic E-state index is 5.25. The molecule has 0 amide bonds. The zero-order chi connectivity index (χ0) is 19.1. The van der Waals surface area contributed by atoms with E-state index in [4.69, 9.17) is 9.52 Å². The van der Waals surface area contributed by atoms with Crippen LogP contribution in [0.5, 0.6) is 0 Å². The second-order valence-corrected chi connectivity index (χ2v) is 7.04. The number of hydrogen-bond donors (Lipinski definition) is 1. The van der Waals surface area contributed by atoms with Gasteiger partial charge in [0.15, 0.2) is 5.96 Å². The third-order valence-electron chi connectivity index (χ3n) is 5.06. The zero-order valence-electron chi connectivity index (χ0n) is 16.7. The van der Waals surface area contributed by atoms with Gasteiger partial charge in [-0.25, -0.2) is 0 Å². The van der Waals surface area contributed by atoms with Crippen LogP contribution in [0.3, 0.4) is 0 Å². The van der Waals surface area contributed by atoms with Gasteiger partial charge in [0.2, 0.25) is 0 Å². The largest absolute Gasteiger partial charge is 0.361 e. The number of aliphatic imine (C=N–C) groups is 1. The third-order valence-corrected chi connectivity index (χ3v) is 5.06. The Labute approximate surface area is 162 Å². The van der Waals surface area contributed by atoms with E-state index in [-0.39, 0.29) is 0 Å². The average Bonchev–Trinajstić information content (AvgIpc) is 3.01. The Bertz CT molecular complexity index is 713. The van der Waals surface area contributed by atoms with Gasteiger partial charge >= 0.3 is 0 Å². The van der Waals surface area contributed by atoms with Gasteiger partial charge in [-0.3, -0.25) is 9.89 Å². The fraction of sp³-hybridized carbons (Fsp3) is 0.524. The van der Waals surface area contributed by atoms with Gasteiger partial charge in [0, 0.05) is 51.4 Å². The maximum Gasteiger partial charge on any atom is 0.194 e. The van der Waals surface area contributed by atoms with Gasteiger partial charge < -0.3 is 14.7 Å². The molecule has 0 bridgehead atoms. The summed E-state index contributed by atoms with van der Waals surface area (Å²) in [4.78, 5) is 9.73. The molecule has 1 aliphatic rings. The molecule has 0 saturated carbocycles. The molecule has 3 rings (SSSR count). The quantitative estimate of drug-likeness (QED) is 0.627. The Morgan fingerprint density at radius 1 is 1.15 bits per heavy atom. The summed E-state index contributed by atoms with van der Waals surface area (Å²) in [6, 6.07) is 10.7. The molecule has 0 spiro atoms. The lowest BCUT2D eigenvalue weighted by Crippen LogP contribution is -2.52. The standard InChI is InChI=1S/C21H31N5O/c1-4-22-21(23-11-10-20-17(2)24-27-18(20)3)26-14-12-25(13-15-26)16-19-8-6-5-7-9-19/h5-9H,4,10-16H2,1-3H3,(H,22,23). The molecule has 0 atom stereocenters. The van der Waals surface area contributed by atoms with E-state index >= 15 is 0 Å². The highest BCUT2D eigenvalue weighted by Gasteiger charge is 2.19. The SMILES string of the molecule is CCNC(=NCCc1c(C)noc1C)N1CCN(Cc2ccccc2)CC1. The summed E-state index contributed by atoms with van der Waals surface area (Å²) >= 11 is 0. The molecule has 1 aliphatic heterocycles. The molecule has 6 heteroatoms. The highest BCUT2D eigenvalue weighted by atomic mass is 16.5. The van der Waals surface area contributed by atoms with E-state index < -0.39 is 0 Å². The Hall–Kier alpha value is -2.34. The number of piperazine rings is 1. The highest BCUT2D eigenvalue weighted by molar-refractivity contribution is 5.80. The van der Waals surface area contributed by atoms with Gasteiger partial charge in [-0.15, -0.1) is 0 Å². The smallest absolute Gasteiger partial charge is 0.194 e. The first-order valence-electron chi connectivity index (χ1n) is 9.88. The summed E-state index contributed by atoms with van der Waals surface area (Å²) in [6.07, 6.45) is 0.865. The normalized spacial score (nSPS) is 16.0. The molecule has 1 aromatic heterocycles. The van der Waals surface area contributed by atoms with E-state index in [1.165, 1.54) is 11.1 Å². The minimum Gasteiger partial charge on any atom is -0.361 e. The van der Waals surface area contributed by atoms with Gasteiger partial charge in [-0.1, -0.05) is 35.5 Å². The summed E-state index contributed by atoms with van der Waals surface area (Å²) in [5.41, 5.74) is 3.54. The van der Waals surface area contributed by atoms with Crippen LogP contribution in [0.4, 0.5) is 0 Å². The number of nitrogens with zero attached hydrogens (tertiary/aromatic N) is 4. The molecule has 146 valence electrons. The third kappa shape index (κ3) is 5.32. The van der Waals surface area contributed by atoms with E-state index in [0.717, 1.165) is 69.6 Å². The number of nitrogens with one attached hydrogen (secondary N) is 1. The summed E-state index contributed by atoms with van der Waals surface area (Å²) in [5.74, 6) is 1.92. The molecular weight excluding hydrogens is 338 g/mol. The molecule has 2 aromatic rings. The van der Waals surface area contributed by atoms with Crippen LogP contribution in [0.15, 0.2) is 39.8 Å². The van der Waals surface area contributed by atoms with Crippen LogP contribution in [0.1, 0.15) is 29.5 Å². The topological polar surface area (TPSA) is 56.9 Å². The Balaban J connectivity index is 1.53. The van der Waals surface area contributed by atoms with Crippen LogP contribution in [0.25, 0.3) is 0 Å². The van der Waals surface area contributed by atoms with Crippen molar-refractivity contribution >= 4 is 5.96 Å². The predicted molar refractivity (Wildman–Crippen MR) is 109 cm³/mol. The molecule has 2 heterocycles. The molecule has 1 aromatic carbocycles. The first kappa shape index (κ1) is 19.4. The van der Waals surface area contributed by atoms with Gasteiger partial charge in [0.05, 0.1) is 5.69 Å². The van der Waals surface area contributed by atoms with Gasteiger partial charge in [-0.05, 0) is 32.8 Å². The van der Waals surface area contributed by atoms with Crippen molar-refractivity contribution in [3.05, 3.63) is 52.9 Å². The summed E-state index contributed by atoms with van der Waals surface area (Å²) in [7, 11) is 0. The van der Waals surface area contributed by atoms with Crippen LogP contribution >= 0.6 is 0 Å². The number of hydrogen-bond acceptors (Lipinski definition) is 4. The second-order valence-electron chi connectivity index (χ2n) is 7.04. The van der Waals surface area contributed by atoms with Crippen molar-refractivity contribution in [3.63, 3.8) is 0 Å². The number of benzene rings is 1. The Kier molecular flexibility index (Phi) is 6.87. The van der Waals surface area contributed by atoms with Crippen molar-refractivity contribution in [2.45, 2.75) is 33.7 Å². The van der Waals surface area contributed by atoms with Crippen molar-refractivity contribution in [3.8, 4) is 0 Å². The average molecular weight is 370 g/mol. The lowest BCUT2D eigenvalue weighted by molar-refractivity contribution is 0.172. The van der Waals surface area contributed by atoms with Gasteiger partial charge in [0.25, 0.3) is 0 Å². The predicted octanol–water partition coefficient (Wildman–Crippen LogP) is 2.62. The fourth-order valence-electron chi connectivity index (χ4n) is 3.52. The molecule has 0 aliphatic carbocycles. The van der Waals surface area contributed by atoms with Gasteiger partial charge in [0.1, 0.15) is 5.76 Å². The zero-order valence-corrected chi connectivity index (χ0v) is 16.7. The van der Waals surface area contributed by atoms with Crippen molar-refractivity contribution < 1.29 is 4.52 Å². The highest BCUT2D eigenvalue weighted by Crippen LogP contribution is 2.13. The van der Waals surface area contributed by atoms with Crippen LogP contribution in [0.2, 0.25) is 0 Å². The minimum atomic E-state index is 0.745. The number of aromatic nitrogens is 1. The van der Waals surface area contributed by atoms with E-state index in [0.29, 0.717) is 0 Å². The van der Waals surface area contributed by atoms with E-state index in [1.54, 1.807) is 0 Å². The summed E-state index contributed by atoms with van der Waals surface area (Å²) in [5, 5.41) is 7.47. The number of guanidine groups is 1. The Morgan fingerprint density at radius 3 is 2.52 bits per heavy atom. The van der Waals surface area contributed by atoms with Crippen LogP contribution in [-0.2, 0) is 13.0 Å². The number of rotatable bonds is 6. The van der Waals surface area contributed by atoms with Crippen LogP contribution in [0, 0.1) is 13.8 Å². The molecule has 6 nitrogen and oxygen atoms in total. The first-order valence-corrected chi connectivity index (χ1v) is 9.88. The number of aryl methyl sites for hydroxylation is 2. The fourth-order valence-corrected chi connectivity index (χ4v) is 3.52. The first-order chi connectivity index (χ1) is 13.2. The van der Waals surface area contributed by atoms with Crippen molar-refractivity contribution in [1.29, 1.82) is 0 Å². The molecule has 1 N–H and O–H groups in total. The second kappa shape index (κ2) is 9.55. The molecule has 1 fully saturated rings. The summed E-state index contributed by atoms with van der Waals surface area (Å²) in [6.45, 7) is 12.9. The van der Waals surface area contributed by atoms with Crippen molar-refractivity contribution in [1.82, 2.24) is 20.3 Å². The van der Waals surface area contributed by atoms with Crippen molar-refractivity contribution in [2.24, 2.45) is 4.99 Å². The minimum absolute atomic E-state index is 0.745. The van der Waals surface area contributed by atoms with Crippen molar-refractivity contribution in [2.75, 3.05) is 39.3 Å². The van der Waals surface area contributed by atoms with E-state index in [2.05, 4.69) is 57.5 Å². The van der Waals surface area contributed by atoms with E-state index in [1.807, 2.05) is 13.8 Å². The molecule has 0 unspecified atom stereocenters. The Morgan fingerprint density at radius 2 is 1.89 bits per heavy atom. The molecule has 1 saturated heterocycles. The lowest BCUT2D eigenvalue weighted by atomic mass is 10.1. The maximum absolute atomic E-state index is 5.25. The lowest BCUT2D eigenvalue weighted by Gasteiger charge is -2.36. The summed E-state index contributed by atoms with van der Waals surface area (Å²) < 4.78 is 5.25. The van der Waals surface area contributed by atoms with E-state index in [9.17, 15) is 0 Å². The molecular formula is C21H31N5O.